The molecular weight excluding hydrogens is 192 g/mol. The predicted molar refractivity (Wildman–Crippen MR) is 56.6 cm³/mol. The number of ether oxygens (including phenoxy) is 1. The second kappa shape index (κ2) is 3.97. The fraction of sp³-hybridized carbons (Fsp3) is 0.750. The molecule has 15 heavy (non-hydrogen) atoms. The molecule has 84 valence electrons. The van der Waals surface area contributed by atoms with Crippen LogP contribution < -0.4 is 0 Å². The molecule has 2 atom stereocenters. The average Bonchev–Trinajstić information content (AvgIpc) is 3.01. The van der Waals surface area contributed by atoms with Crippen LogP contribution in [0.25, 0.3) is 0 Å². The van der Waals surface area contributed by atoms with Crippen LogP contribution in [0.5, 0.6) is 0 Å². The number of carboxylic acids is 1. The minimum Gasteiger partial charge on any atom is -0.479 e. The maximum atomic E-state index is 11.1. The minimum absolute atomic E-state index is 0.0641. The highest BCUT2D eigenvalue weighted by molar-refractivity contribution is 5.74. The van der Waals surface area contributed by atoms with E-state index in [9.17, 15) is 4.79 Å². The molecule has 3 nitrogen and oxygen atoms in total. The molecule has 0 heterocycles. The number of hydrogen-bond donors (Lipinski definition) is 1. The number of aliphatic carboxylic acids is 1. The van der Waals surface area contributed by atoms with Gasteiger partial charge in [-0.05, 0) is 38.0 Å². The van der Waals surface area contributed by atoms with Crippen molar-refractivity contribution >= 4 is 5.97 Å². The Hall–Kier alpha value is -0.830. The van der Waals surface area contributed by atoms with Gasteiger partial charge >= 0.3 is 5.97 Å². The molecule has 0 aromatic carbocycles. The van der Waals surface area contributed by atoms with Gasteiger partial charge in [0.15, 0.2) is 6.10 Å². The van der Waals surface area contributed by atoms with E-state index in [1.807, 2.05) is 0 Å². The Bertz CT molecular complexity index is 279. The summed E-state index contributed by atoms with van der Waals surface area (Å²) in [5.74, 6) is -0.298. The summed E-state index contributed by atoms with van der Waals surface area (Å²) in [4.78, 5) is 11.1. The van der Waals surface area contributed by atoms with E-state index in [0.717, 1.165) is 32.1 Å². The van der Waals surface area contributed by atoms with Crippen LogP contribution in [0.2, 0.25) is 0 Å². The molecule has 0 aliphatic heterocycles. The molecule has 0 spiro atoms. The first-order chi connectivity index (χ1) is 7.20. The Kier molecular flexibility index (Phi) is 2.83. The number of carboxylic acid groups (broad SMARTS) is 1. The second-order valence-electron chi connectivity index (χ2n) is 4.67. The van der Waals surface area contributed by atoms with Crippen LogP contribution in [0.4, 0.5) is 0 Å². The van der Waals surface area contributed by atoms with Crippen LogP contribution in [0.3, 0.4) is 0 Å². The number of carbonyl (C=O) groups is 1. The average molecular weight is 210 g/mol. The lowest BCUT2D eigenvalue weighted by Gasteiger charge is -2.31. The first-order valence-electron chi connectivity index (χ1n) is 5.61. The van der Waals surface area contributed by atoms with Crippen molar-refractivity contribution in [3.8, 4) is 0 Å². The Morgan fingerprint density at radius 3 is 2.67 bits per heavy atom. The van der Waals surface area contributed by atoms with Crippen LogP contribution in [0.15, 0.2) is 12.2 Å². The van der Waals surface area contributed by atoms with E-state index in [0.29, 0.717) is 5.92 Å². The van der Waals surface area contributed by atoms with Gasteiger partial charge in [0.1, 0.15) is 0 Å². The molecule has 0 amide bonds. The van der Waals surface area contributed by atoms with Gasteiger partial charge in [-0.15, -0.1) is 0 Å². The molecule has 0 bridgehead atoms. The van der Waals surface area contributed by atoms with Crippen LogP contribution in [0, 0.1) is 11.3 Å². The molecule has 2 aliphatic rings. The maximum absolute atomic E-state index is 11.1. The lowest BCUT2D eigenvalue weighted by atomic mass is 9.77. The molecule has 2 aliphatic carbocycles. The molecule has 0 aromatic rings. The van der Waals surface area contributed by atoms with Crippen molar-refractivity contribution in [2.75, 3.05) is 7.11 Å². The first kappa shape index (κ1) is 10.7. The van der Waals surface area contributed by atoms with Crippen molar-refractivity contribution in [3.63, 3.8) is 0 Å². The summed E-state index contributed by atoms with van der Waals surface area (Å²) >= 11 is 0. The third-order valence-electron chi connectivity index (χ3n) is 3.89. The Balaban J connectivity index is 2.11. The van der Waals surface area contributed by atoms with Gasteiger partial charge in [-0.2, -0.15) is 0 Å². The molecule has 2 rings (SSSR count). The number of methoxy groups -OCH3 is 1. The van der Waals surface area contributed by atoms with Crippen molar-refractivity contribution in [3.05, 3.63) is 12.2 Å². The molecule has 2 unspecified atom stereocenters. The summed E-state index contributed by atoms with van der Waals surface area (Å²) in [6.07, 6.45) is 9.01. The zero-order valence-electron chi connectivity index (χ0n) is 9.11. The smallest absolute Gasteiger partial charge is 0.333 e. The number of hydrogen-bond acceptors (Lipinski definition) is 2. The van der Waals surface area contributed by atoms with Gasteiger partial charge in [0, 0.05) is 12.5 Å². The Morgan fingerprint density at radius 2 is 2.27 bits per heavy atom. The summed E-state index contributed by atoms with van der Waals surface area (Å²) in [6, 6.07) is 0. The fourth-order valence-corrected chi connectivity index (χ4v) is 2.93. The van der Waals surface area contributed by atoms with Crippen LogP contribution in [-0.4, -0.2) is 24.3 Å². The normalized spacial score (nSPS) is 29.8. The highest BCUT2D eigenvalue weighted by atomic mass is 16.5. The standard InChI is InChI=1S/C12H18O3/c1-15-10(11(13)14)12(7-8-12)9-5-3-2-4-6-9/h2-3,9-10H,4-8H2,1H3,(H,13,14). The van der Waals surface area contributed by atoms with Gasteiger partial charge in [-0.25, -0.2) is 4.79 Å². The number of rotatable bonds is 4. The molecule has 0 radical (unpaired) electrons. The quantitative estimate of drug-likeness (QED) is 0.724. The lowest BCUT2D eigenvalue weighted by Crippen LogP contribution is -2.38. The molecule has 3 heteroatoms. The van der Waals surface area contributed by atoms with Crippen molar-refractivity contribution < 1.29 is 14.6 Å². The van der Waals surface area contributed by atoms with Gasteiger partial charge in [0.25, 0.3) is 0 Å². The Morgan fingerprint density at radius 1 is 1.53 bits per heavy atom. The van der Waals surface area contributed by atoms with E-state index in [-0.39, 0.29) is 5.41 Å². The van der Waals surface area contributed by atoms with E-state index in [1.54, 1.807) is 0 Å². The van der Waals surface area contributed by atoms with Gasteiger partial charge in [-0.3, -0.25) is 0 Å². The van der Waals surface area contributed by atoms with Crippen LogP contribution >= 0.6 is 0 Å². The molecule has 0 saturated heterocycles. The summed E-state index contributed by atoms with van der Waals surface area (Å²) in [5.41, 5.74) is -0.0641. The van der Waals surface area contributed by atoms with Crippen LogP contribution in [0.1, 0.15) is 32.1 Å². The summed E-state index contributed by atoms with van der Waals surface area (Å²) in [7, 11) is 1.51. The zero-order valence-corrected chi connectivity index (χ0v) is 9.11. The first-order valence-corrected chi connectivity index (χ1v) is 5.61. The zero-order chi connectivity index (χ0) is 10.9. The second-order valence-corrected chi connectivity index (χ2v) is 4.67. The van der Waals surface area contributed by atoms with Crippen molar-refractivity contribution in [1.82, 2.24) is 0 Å². The van der Waals surface area contributed by atoms with E-state index in [4.69, 9.17) is 9.84 Å². The predicted octanol–water partition coefficient (Wildman–Crippen LogP) is 2.22. The SMILES string of the molecule is COC(C(=O)O)C1(C2CC=CCC2)CC1. The topological polar surface area (TPSA) is 46.5 Å². The highest BCUT2D eigenvalue weighted by Gasteiger charge is 2.57. The third-order valence-corrected chi connectivity index (χ3v) is 3.89. The minimum atomic E-state index is -0.801. The van der Waals surface area contributed by atoms with Crippen molar-refractivity contribution in [2.24, 2.45) is 11.3 Å². The number of allylic oxidation sites excluding steroid dienone is 2. The van der Waals surface area contributed by atoms with Crippen molar-refractivity contribution in [2.45, 2.75) is 38.2 Å². The Labute approximate surface area is 90.1 Å². The summed E-state index contributed by atoms with van der Waals surface area (Å²) < 4.78 is 5.17. The largest absolute Gasteiger partial charge is 0.479 e. The van der Waals surface area contributed by atoms with Gasteiger partial charge in [0.05, 0.1) is 0 Å². The van der Waals surface area contributed by atoms with Gasteiger partial charge in [-0.1, -0.05) is 12.2 Å². The summed E-state index contributed by atoms with van der Waals surface area (Å²) in [6.45, 7) is 0. The van der Waals surface area contributed by atoms with E-state index >= 15 is 0 Å². The van der Waals surface area contributed by atoms with Gasteiger partial charge < -0.3 is 9.84 Å². The third kappa shape index (κ3) is 1.81. The van der Waals surface area contributed by atoms with E-state index in [2.05, 4.69) is 12.2 Å². The van der Waals surface area contributed by atoms with Gasteiger partial charge in [0.2, 0.25) is 0 Å². The molecule has 1 fully saturated rings. The molecular formula is C12H18O3. The molecule has 0 aromatic heterocycles. The van der Waals surface area contributed by atoms with Crippen molar-refractivity contribution in [1.29, 1.82) is 0 Å². The highest BCUT2D eigenvalue weighted by Crippen LogP contribution is 2.58. The van der Waals surface area contributed by atoms with E-state index in [1.165, 1.54) is 7.11 Å². The maximum Gasteiger partial charge on any atom is 0.333 e. The summed E-state index contributed by atoms with van der Waals surface area (Å²) in [5, 5.41) is 9.14. The fourth-order valence-electron chi connectivity index (χ4n) is 2.93. The van der Waals surface area contributed by atoms with E-state index < -0.39 is 12.1 Å². The molecule has 1 N–H and O–H groups in total. The molecule has 1 saturated carbocycles. The van der Waals surface area contributed by atoms with Crippen LogP contribution in [-0.2, 0) is 9.53 Å². The monoisotopic (exact) mass is 210 g/mol. The lowest BCUT2D eigenvalue weighted by molar-refractivity contribution is -0.155.